The van der Waals surface area contributed by atoms with Gasteiger partial charge in [-0.1, -0.05) is 24.3 Å². The number of benzene rings is 2. The molecule has 2 aliphatic heterocycles. The van der Waals surface area contributed by atoms with Crippen LogP contribution >= 0.6 is 0 Å². The van der Waals surface area contributed by atoms with E-state index in [0.717, 1.165) is 16.6 Å². The number of fused-ring (bicyclic) bond motifs is 3. The number of rotatable bonds is 9. The standard InChI is InChI=1S/C43H54N6O10S/c1-42(2,3)59-41(53)45-34-18-20-57-19-8-7-9-28-24-43(28,40(52)47-60(54,55)32-15-16-32)46-37(50)36-23-31(25-49(36)39(34)51)58-38-33-17-14-30(56-6)21-27(33)22-35(44-38)26-10-12-29(13-11-26)48(4)5/h7,9-14,17,21-22,28,31-32,34,36H,8,15-16,18-20,23-25H2,1-6H3,(H,45,53)(H,46,50)(H,47,52)/b9-7-/t28-,31?,34+,36+,43-/m1/s1. The van der Waals surface area contributed by atoms with Gasteiger partial charge in [0.25, 0.3) is 5.91 Å². The van der Waals surface area contributed by atoms with Gasteiger partial charge < -0.3 is 39.4 Å². The van der Waals surface area contributed by atoms with E-state index in [1.807, 2.05) is 67.5 Å². The Labute approximate surface area is 350 Å². The third-order valence-electron chi connectivity index (χ3n) is 11.1. The van der Waals surface area contributed by atoms with E-state index in [-0.39, 0.29) is 44.9 Å². The molecule has 1 unspecified atom stereocenters. The van der Waals surface area contributed by atoms with Crippen LogP contribution in [0.25, 0.3) is 22.0 Å². The van der Waals surface area contributed by atoms with E-state index >= 15 is 0 Å². The number of nitrogens with one attached hydrogen (secondary N) is 3. The fraction of sp³-hybridized carbons (Fsp3) is 0.512. The van der Waals surface area contributed by atoms with Gasteiger partial charge in [0.1, 0.15) is 35.1 Å². The maximum absolute atomic E-state index is 14.6. The monoisotopic (exact) mass is 846 g/mol. The van der Waals surface area contributed by atoms with Gasteiger partial charge in [-0.05, 0) is 88.2 Å². The van der Waals surface area contributed by atoms with Crippen molar-refractivity contribution in [1.29, 1.82) is 0 Å². The zero-order valence-electron chi connectivity index (χ0n) is 34.9. The van der Waals surface area contributed by atoms with E-state index in [1.54, 1.807) is 40.0 Å². The molecule has 2 aliphatic carbocycles. The lowest BCUT2D eigenvalue weighted by molar-refractivity contribution is -0.141. The highest BCUT2D eigenvalue weighted by Crippen LogP contribution is 2.46. The molecule has 5 atom stereocenters. The largest absolute Gasteiger partial charge is 0.497 e. The van der Waals surface area contributed by atoms with Gasteiger partial charge in [-0.3, -0.25) is 19.1 Å². The zero-order chi connectivity index (χ0) is 43.0. The molecule has 60 heavy (non-hydrogen) atoms. The Bertz CT molecular complexity index is 2270. The number of carbonyl (C=O) groups is 4. The molecule has 3 heterocycles. The Kier molecular flexibility index (Phi) is 12.0. The van der Waals surface area contributed by atoms with Gasteiger partial charge in [0.2, 0.25) is 27.7 Å². The summed E-state index contributed by atoms with van der Waals surface area (Å²) in [6.45, 7) is 5.44. The molecule has 2 saturated carbocycles. The lowest BCUT2D eigenvalue weighted by atomic mass is 10.1. The van der Waals surface area contributed by atoms with E-state index in [9.17, 15) is 27.6 Å². The number of alkyl carbamates (subject to hydrolysis) is 1. The number of hydrogen-bond acceptors (Lipinski definition) is 12. The number of sulfonamides is 1. The number of anilines is 1. The third-order valence-corrected chi connectivity index (χ3v) is 12.9. The van der Waals surface area contributed by atoms with Crippen molar-refractivity contribution >= 4 is 50.3 Å². The minimum atomic E-state index is -3.93. The second-order valence-electron chi connectivity index (χ2n) is 17.1. The van der Waals surface area contributed by atoms with Crippen molar-refractivity contribution in [2.24, 2.45) is 5.92 Å². The quantitative estimate of drug-likeness (QED) is 0.262. The maximum Gasteiger partial charge on any atom is 0.408 e. The molecular weight excluding hydrogens is 793 g/mol. The number of amides is 4. The summed E-state index contributed by atoms with van der Waals surface area (Å²) in [7, 11) is 1.57. The molecule has 322 valence electrons. The highest BCUT2D eigenvalue weighted by atomic mass is 32.2. The van der Waals surface area contributed by atoms with E-state index in [2.05, 4.69) is 15.4 Å². The normalized spacial score (nSPS) is 25.4. The Morgan fingerprint density at radius 2 is 1.78 bits per heavy atom. The fourth-order valence-corrected chi connectivity index (χ4v) is 8.99. The first-order valence-corrected chi connectivity index (χ1v) is 21.9. The van der Waals surface area contributed by atoms with Crippen LogP contribution in [0.2, 0.25) is 0 Å². The van der Waals surface area contributed by atoms with Crippen LogP contribution in [0.4, 0.5) is 10.5 Å². The fourth-order valence-electron chi connectivity index (χ4n) is 7.62. The molecule has 3 aromatic rings. The Morgan fingerprint density at radius 3 is 2.47 bits per heavy atom. The van der Waals surface area contributed by atoms with Crippen LogP contribution in [0, 0.1) is 5.92 Å². The minimum Gasteiger partial charge on any atom is -0.497 e. The average molecular weight is 847 g/mol. The molecule has 4 amide bonds. The van der Waals surface area contributed by atoms with Crippen molar-refractivity contribution in [3.63, 3.8) is 0 Å². The lowest BCUT2D eigenvalue weighted by Gasteiger charge is -2.30. The molecule has 0 radical (unpaired) electrons. The van der Waals surface area contributed by atoms with E-state index in [1.165, 1.54) is 4.90 Å². The molecule has 7 rings (SSSR count). The number of aromatic nitrogens is 1. The smallest absolute Gasteiger partial charge is 0.408 e. The van der Waals surface area contributed by atoms with Crippen LogP contribution in [0.1, 0.15) is 59.3 Å². The summed E-state index contributed by atoms with van der Waals surface area (Å²) in [5.74, 6) is -1.67. The first-order chi connectivity index (χ1) is 28.5. The predicted molar refractivity (Wildman–Crippen MR) is 224 cm³/mol. The first-order valence-electron chi connectivity index (χ1n) is 20.3. The predicted octanol–water partition coefficient (Wildman–Crippen LogP) is 4.07. The van der Waals surface area contributed by atoms with E-state index in [4.69, 9.17) is 23.9 Å². The average Bonchev–Trinajstić information content (AvgIpc) is 4.12. The molecule has 17 heteroatoms. The number of methoxy groups -OCH3 is 1. The van der Waals surface area contributed by atoms with Gasteiger partial charge in [0.05, 0.1) is 31.2 Å². The van der Waals surface area contributed by atoms with E-state index in [0.29, 0.717) is 36.1 Å². The molecule has 4 aliphatic rings. The Morgan fingerprint density at radius 1 is 1.03 bits per heavy atom. The van der Waals surface area contributed by atoms with E-state index < -0.39 is 74.3 Å². The molecule has 1 aromatic heterocycles. The molecule has 0 spiro atoms. The molecular formula is C43H54N6O10S. The molecule has 3 fully saturated rings. The third kappa shape index (κ3) is 9.62. The summed E-state index contributed by atoms with van der Waals surface area (Å²) in [6.07, 6.45) is 3.62. The highest BCUT2D eigenvalue weighted by molar-refractivity contribution is 7.91. The van der Waals surface area contributed by atoms with Gasteiger partial charge in [-0.2, -0.15) is 0 Å². The van der Waals surface area contributed by atoms with Crippen LogP contribution in [0.15, 0.2) is 60.7 Å². The van der Waals surface area contributed by atoms with Crippen molar-refractivity contribution in [3.05, 3.63) is 60.7 Å². The minimum absolute atomic E-state index is 0.00705. The van der Waals surface area contributed by atoms with Crippen LogP contribution in [0.5, 0.6) is 11.6 Å². The lowest BCUT2D eigenvalue weighted by Crippen LogP contribution is -2.58. The van der Waals surface area contributed by atoms with Crippen LogP contribution in [-0.4, -0.2) is 118 Å². The molecule has 0 bridgehead atoms. The molecule has 1 saturated heterocycles. The zero-order valence-corrected chi connectivity index (χ0v) is 35.7. The number of pyridine rings is 1. The van der Waals surface area contributed by atoms with Gasteiger partial charge in [0.15, 0.2) is 0 Å². The number of hydrogen-bond donors (Lipinski definition) is 3. The second-order valence-corrected chi connectivity index (χ2v) is 19.0. The van der Waals surface area contributed by atoms with Crippen molar-refractivity contribution in [1.82, 2.24) is 25.2 Å². The molecule has 3 N–H and O–H groups in total. The van der Waals surface area contributed by atoms with Crippen molar-refractivity contribution in [3.8, 4) is 22.9 Å². The molecule has 16 nitrogen and oxygen atoms in total. The highest BCUT2D eigenvalue weighted by Gasteiger charge is 2.62. The SMILES string of the molecule is COc1ccc2c(OC3C[C@H]4C(=O)N[C@]5(C(=O)NS(=O)(=O)C6CC6)C[C@H]5/C=C\CCOCC[C@H](NC(=O)OC(C)(C)C)C(=O)N4C3)nc(-c3ccc(N(C)C)cc3)cc2c1. The second kappa shape index (κ2) is 16.9. The maximum atomic E-state index is 14.6. The van der Waals surface area contributed by atoms with Crippen LogP contribution in [-0.2, 0) is 33.9 Å². The summed E-state index contributed by atoms with van der Waals surface area (Å²) >= 11 is 0. The van der Waals surface area contributed by atoms with Gasteiger partial charge >= 0.3 is 6.09 Å². The van der Waals surface area contributed by atoms with Gasteiger partial charge in [-0.15, -0.1) is 0 Å². The summed E-state index contributed by atoms with van der Waals surface area (Å²) in [5, 5.41) is 6.37. The Balaban J connectivity index is 1.23. The van der Waals surface area contributed by atoms with Gasteiger partial charge in [0, 0.05) is 56.1 Å². The Hall–Kier alpha value is -5.42. The summed E-state index contributed by atoms with van der Waals surface area (Å²) in [5.41, 5.74) is 0.0592. The summed E-state index contributed by atoms with van der Waals surface area (Å²) in [4.78, 5) is 64.4. The van der Waals surface area contributed by atoms with Crippen molar-refractivity contribution in [2.75, 3.05) is 45.9 Å². The number of nitrogens with zero attached hydrogens (tertiary/aromatic N) is 3. The van der Waals surface area contributed by atoms with Gasteiger partial charge in [-0.25, -0.2) is 18.2 Å². The summed E-state index contributed by atoms with van der Waals surface area (Å²) in [6, 6.07) is 13.0. The van der Waals surface area contributed by atoms with Crippen LogP contribution < -0.4 is 29.7 Å². The number of ether oxygens (including phenoxy) is 4. The molecule has 2 aromatic carbocycles. The van der Waals surface area contributed by atoms with Crippen molar-refractivity contribution < 1.29 is 46.5 Å². The van der Waals surface area contributed by atoms with Crippen molar-refractivity contribution in [2.45, 2.75) is 93.9 Å². The first kappa shape index (κ1) is 42.7. The topological polar surface area (TPSA) is 195 Å². The number of carbonyl (C=O) groups excluding carboxylic acids is 4. The summed E-state index contributed by atoms with van der Waals surface area (Å²) < 4.78 is 51.6. The van der Waals surface area contributed by atoms with Crippen LogP contribution in [0.3, 0.4) is 0 Å².